The zero-order valence-electron chi connectivity index (χ0n) is 12.3. The summed E-state index contributed by atoms with van der Waals surface area (Å²) in [6.07, 6.45) is 3.00. The predicted molar refractivity (Wildman–Crippen MR) is 85.2 cm³/mol. The molecule has 1 unspecified atom stereocenters. The van der Waals surface area contributed by atoms with E-state index < -0.39 is 0 Å². The van der Waals surface area contributed by atoms with Crippen molar-refractivity contribution in [2.24, 2.45) is 5.41 Å². The molecule has 0 bridgehead atoms. The molecule has 1 fully saturated rings. The van der Waals surface area contributed by atoms with Crippen molar-refractivity contribution in [3.63, 3.8) is 0 Å². The van der Waals surface area contributed by atoms with Crippen molar-refractivity contribution in [3.05, 3.63) is 35.9 Å². The summed E-state index contributed by atoms with van der Waals surface area (Å²) in [5, 5.41) is 6.50. The molecule has 20 heavy (non-hydrogen) atoms. The number of amides is 1. The van der Waals surface area contributed by atoms with Crippen LogP contribution in [0.2, 0.25) is 0 Å². The third-order valence-corrected chi connectivity index (χ3v) is 3.74. The minimum atomic E-state index is -0.362. The van der Waals surface area contributed by atoms with Crippen LogP contribution in [0.5, 0.6) is 0 Å². The minimum Gasteiger partial charge on any atom is -0.352 e. The SMILES string of the molecule is CC(C)(Cc1ccccc1)C(=O)NC1CCCNC1.Cl. The van der Waals surface area contributed by atoms with Crippen molar-refractivity contribution in [1.29, 1.82) is 0 Å². The number of hydrogen-bond acceptors (Lipinski definition) is 2. The van der Waals surface area contributed by atoms with E-state index in [1.807, 2.05) is 32.0 Å². The van der Waals surface area contributed by atoms with Gasteiger partial charge in [0.25, 0.3) is 0 Å². The fourth-order valence-electron chi connectivity index (χ4n) is 2.54. The Morgan fingerprint density at radius 3 is 2.65 bits per heavy atom. The summed E-state index contributed by atoms with van der Waals surface area (Å²) in [5.74, 6) is 0.157. The van der Waals surface area contributed by atoms with Crippen molar-refractivity contribution in [2.75, 3.05) is 13.1 Å². The molecule has 1 aromatic rings. The molecule has 4 heteroatoms. The van der Waals surface area contributed by atoms with Crippen molar-refractivity contribution in [2.45, 2.75) is 39.2 Å². The topological polar surface area (TPSA) is 41.1 Å². The first kappa shape index (κ1) is 17.0. The van der Waals surface area contributed by atoms with Crippen LogP contribution in [0.4, 0.5) is 0 Å². The summed E-state index contributed by atoms with van der Waals surface area (Å²) in [4.78, 5) is 12.4. The lowest BCUT2D eigenvalue weighted by Gasteiger charge is -2.29. The van der Waals surface area contributed by atoms with Gasteiger partial charge in [0.05, 0.1) is 0 Å². The zero-order valence-corrected chi connectivity index (χ0v) is 13.1. The second kappa shape index (κ2) is 7.65. The molecular weight excluding hydrogens is 272 g/mol. The predicted octanol–water partition coefficient (Wildman–Crippen LogP) is 2.55. The van der Waals surface area contributed by atoms with Gasteiger partial charge in [-0.1, -0.05) is 44.2 Å². The first-order chi connectivity index (χ1) is 9.08. The molecule has 2 N–H and O–H groups in total. The highest BCUT2D eigenvalue weighted by Crippen LogP contribution is 2.22. The number of nitrogens with one attached hydrogen (secondary N) is 2. The van der Waals surface area contributed by atoms with E-state index in [-0.39, 0.29) is 29.8 Å². The number of hydrogen-bond donors (Lipinski definition) is 2. The van der Waals surface area contributed by atoms with E-state index in [9.17, 15) is 4.79 Å². The van der Waals surface area contributed by atoms with E-state index in [2.05, 4.69) is 22.8 Å². The highest BCUT2D eigenvalue weighted by atomic mass is 35.5. The average Bonchev–Trinajstić information content (AvgIpc) is 2.40. The Morgan fingerprint density at radius 1 is 1.35 bits per heavy atom. The van der Waals surface area contributed by atoms with Gasteiger partial charge in [-0.25, -0.2) is 0 Å². The normalized spacial score (nSPS) is 19.0. The van der Waals surface area contributed by atoms with Gasteiger partial charge in [0.2, 0.25) is 5.91 Å². The first-order valence-corrected chi connectivity index (χ1v) is 7.13. The Labute approximate surface area is 127 Å². The van der Waals surface area contributed by atoms with Gasteiger partial charge in [-0.2, -0.15) is 0 Å². The lowest BCUT2D eigenvalue weighted by Crippen LogP contribution is -2.50. The molecule has 0 aromatic heterocycles. The average molecular weight is 297 g/mol. The third-order valence-electron chi connectivity index (χ3n) is 3.74. The summed E-state index contributed by atoms with van der Waals surface area (Å²) in [5.41, 5.74) is 0.850. The van der Waals surface area contributed by atoms with E-state index in [0.717, 1.165) is 32.4 Å². The molecule has 3 nitrogen and oxygen atoms in total. The van der Waals surface area contributed by atoms with Gasteiger partial charge in [0.15, 0.2) is 0 Å². The molecule has 0 radical (unpaired) electrons. The summed E-state index contributed by atoms with van der Waals surface area (Å²) >= 11 is 0. The molecule has 2 rings (SSSR count). The third kappa shape index (κ3) is 4.80. The van der Waals surface area contributed by atoms with Crippen LogP contribution in [-0.4, -0.2) is 25.0 Å². The van der Waals surface area contributed by atoms with Crippen LogP contribution in [-0.2, 0) is 11.2 Å². The quantitative estimate of drug-likeness (QED) is 0.896. The molecule has 0 aliphatic carbocycles. The second-order valence-electron chi connectivity index (χ2n) is 6.06. The molecule has 1 atom stereocenters. The van der Waals surface area contributed by atoms with Gasteiger partial charge >= 0.3 is 0 Å². The van der Waals surface area contributed by atoms with Crippen molar-refractivity contribution < 1.29 is 4.79 Å². The van der Waals surface area contributed by atoms with Gasteiger partial charge in [-0.15, -0.1) is 12.4 Å². The maximum atomic E-state index is 12.4. The standard InChI is InChI=1S/C16H24N2O.ClH/c1-16(2,11-13-7-4-3-5-8-13)15(19)18-14-9-6-10-17-12-14;/h3-5,7-8,14,17H,6,9-12H2,1-2H3,(H,18,19);1H. The van der Waals surface area contributed by atoms with E-state index in [1.165, 1.54) is 5.56 Å². The maximum absolute atomic E-state index is 12.4. The van der Waals surface area contributed by atoms with Crippen LogP contribution < -0.4 is 10.6 Å². The van der Waals surface area contributed by atoms with Gasteiger partial charge in [0.1, 0.15) is 0 Å². The molecule has 1 aliphatic rings. The Balaban J connectivity index is 0.00000200. The largest absolute Gasteiger partial charge is 0.352 e. The van der Waals surface area contributed by atoms with Crippen molar-refractivity contribution >= 4 is 18.3 Å². The van der Waals surface area contributed by atoms with Crippen LogP contribution >= 0.6 is 12.4 Å². The molecule has 1 aliphatic heterocycles. The first-order valence-electron chi connectivity index (χ1n) is 7.13. The molecule has 1 saturated heterocycles. The van der Waals surface area contributed by atoms with E-state index in [0.29, 0.717) is 0 Å². The molecule has 0 spiro atoms. The Hall–Kier alpha value is -1.06. The summed E-state index contributed by atoms with van der Waals surface area (Å²) in [7, 11) is 0. The molecule has 0 saturated carbocycles. The Kier molecular flexibility index (Phi) is 6.50. The molecule has 1 amide bonds. The molecular formula is C16H25ClN2O. The van der Waals surface area contributed by atoms with E-state index in [4.69, 9.17) is 0 Å². The van der Waals surface area contributed by atoms with Crippen LogP contribution in [0.1, 0.15) is 32.3 Å². The van der Waals surface area contributed by atoms with Gasteiger partial charge in [-0.3, -0.25) is 4.79 Å². The molecule has 1 aromatic carbocycles. The van der Waals surface area contributed by atoms with Crippen LogP contribution in [0.15, 0.2) is 30.3 Å². The lowest BCUT2D eigenvalue weighted by molar-refractivity contribution is -0.130. The zero-order chi connectivity index (χ0) is 13.7. The summed E-state index contributed by atoms with van der Waals surface area (Å²) < 4.78 is 0. The number of carbonyl (C=O) groups excluding carboxylic acids is 1. The minimum absolute atomic E-state index is 0. The van der Waals surface area contributed by atoms with Gasteiger partial charge < -0.3 is 10.6 Å². The fourth-order valence-corrected chi connectivity index (χ4v) is 2.54. The molecule has 112 valence electrons. The smallest absolute Gasteiger partial charge is 0.226 e. The summed E-state index contributed by atoms with van der Waals surface area (Å²) in [6, 6.07) is 10.5. The summed E-state index contributed by atoms with van der Waals surface area (Å²) in [6.45, 7) is 6.00. The maximum Gasteiger partial charge on any atom is 0.226 e. The lowest BCUT2D eigenvalue weighted by atomic mass is 9.84. The van der Waals surface area contributed by atoms with Gasteiger partial charge in [-0.05, 0) is 31.4 Å². The van der Waals surface area contributed by atoms with E-state index in [1.54, 1.807) is 0 Å². The fraction of sp³-hybridized carbons (Fsp3) is 0.562. The monoisotopic (exact) mass is 296 g/mol. The highest BCUT2D eigenvalue weighted by molar-refractivity contribution is 5.85. The number of rotatable bonds is 4. The van der Waals surface area contributed by atoms with E-state index >= 15 is 0 Å². The number of carbonyl (C=O) groups is 1. The second-order valence-corrected chi connectivity index (χ2v) is 6.06. The number of benzene rings is 1. The number of halogens is 1. The molecule has 1 heterocycles. The van der Waals surface area contributed by atoms with Gasteiger partial charge in [0, 0.05) is 18.0 Å². The van der Waals surface area contributed by atoms with Crippen LogP contribution in [0, 0.1) is 5.41 Å². The van der Waals surface area contributed by atoms with Crippen LogP contribution in [0.25, 0.3) is 0 Å². The van der Waals surface area contributed by atoms with Crippen molar-refractivity contribution in [3.8, 4) is 0 Å². The Morgan fingerprint density at radius 2 is 2.05 bits per heavy atom. The number of piperidine rings is 1. The highest BCUT2D eigenvalue weighted by Gasteiger charge is 2.29. The van der Waals surface area contributed by atoms with Crippen LogP contribution in [0.3, 0.4) is 0 Å². The van der Waals surface area contributed by atoms with Crippen molar-refractivity contribution in [1.82, 2.24) is 10.6 Å². The Bertz CT molecular complexity index is 414.